The van der Waals surface area contributed by atoms with Gasteiger partial charge in [0.05, 0.1) is 17.4 Å². The molecule has 1 aliphatic heterocycles. The number of hydrogen-bond acceptors (Lipinski definition) is 5. The van der Waals surface area contributed by atoms with Crippen molar-refractivity contribution in [3.8, 4) is 5.69 Å². The van der Waals surface area contributed by atoms with Crippen molar-refractivity contribution in [2.45, 2.75) is 32.4 Å². The molecular formula is C18H22FN7. The molecular weight excluding hydrogens is 333 g/mol. The first-order valence-corrected chi connectivity index (χ1v) is 8.80. The van der Waals surface area contributed by atoms with Gasteiger partial charge < -0.3 is 5.73 Å². The van der Waals surface area contributed by atoms with Crippen molar-refractivity contribution in [1.29, 1.82) is 0 Å². The number of anilines is 1. The van der Waals surface area contributed by atoms with Crippen LogP contribution in [0.25, 0.3) is 5.69 Å². The molecule has 0 aliphatic carbocycles. The van der Waals surface area contributed by atoms with Gasteiger partial charge in [-0.3, -0.25) is 4.90 Å². The zero-order valence-corrected chi connectivity index (χ0v) is 14.7. The predicted octanol–water partition coefficient (Wildman–Crippen LogP) is 2.33. The number of piperidine rings is 1. The van der Waals surface area contributed by atoms with Crippen LogP contribution in [0.4, 0.5) is 10.3 Å². The van der Waals surface area contributed by atoms with Crippen molar-refractivity contribution in [2.24, 2.45) is 0 Å². The summed E-state index contributed by atoms with van der Waals surface area (Å²) in [7, 11) is 0. The van der Waals surface area contributed by atoms with Gasteiger partial charge in [-0.15, -0.1) is 0 Å². The molecule has 1 aliphatic rings. The van der Waals surface area contributed by atoms with E-state index < -0.39 is 0 Å². The molecule has 0 bridgehead atoms. The lowest BCUT2D eigenvalue weighted by atomic mass is 10.1. The second-order valence-electron chi connectivity index (χ2n) is 6.70. The highest BCUT2D eigenvalue weighted by molar-refractivity contribution is 5.31. The standard InChI is InChI=1S/C18H22FN7/c1-13-21-18(20)26(22-13)17-7-9-24(10-8-17)12-15-6-11-25(23-15)16-4-2-14(19)3-5-16/h2-6,11,17H,7-10,12H2,1H3,(H2,20,21,22). The number of nitrogens with two attached hydrogens (primary N) is 1. The summed E-state index contributed by atoms with van der Waals surface area (Å²) in [5, 5.41) is 9.01. The zero-order chi connectivity index (χ0) is 18.1. The molecule has 0 spiro atoms. The Morgan fingerprint density at radius 1 is 1.12 bits per heavy atom. The minimum Gasteiger partial charge on any atom is -0.368 e. The molecule has 0 radical (unpaired) electrons. The second-order valence-corrected chi connectivity index (χ2v) is 6.70. The summed E-state index contributed by atoms with van der Waals surface area (Å²) >= 11 is 0. The number of benzene rings is 1. The lowest BCUT2D eigenvalue weighted by Crippen LogP contribution is -2.35. The van der Waals surface area contributed by atoms with E-state index in [0.717, 1.165) is 49.7 Å². The molecule has 0 unspecified atom stereocenters. The first kappa shape index (κ1) is 16.7. The Labute approximate surface area is 151 Å². The van der Waals surface area contributed by atoms with Crippen LogP contribution in [0.1, 0.15) is 30.4 Å². The van der Waals surface area contributed by atoms with Gasteiger partial charge in [0.15, 0.2) is 0 Å². The van der Waals surface area contributed by atoms with E-state index in [2.05, 4.69) is 20.1 Å². The summed E-state index contributed by atoms with van der Waals surface area (Å²) in [6, 6.07) is 8.65. The number of aromatic nitrogens is 5. The van der Waals surface area contributed by atoms with Crippen molar-refractivity contribution in [2.75, 3.05) is 18.8 Å². The largest absolute Gasteiger partial charge is 0.368 e. The fraction of sp³-hybridized carbons (Fsp3) is 0.389. The highest BCUT2D eigenvalue weighted by Gasteiger charge is 2.23. The third kappa shape index (κ3) is 3.45. The third-order valence-corrected chi connectivity index (χ3v) is 4.79. The molecule has 2 N–H and O–H groups in total. The molecule has 3 heterocycles. The first-order valence-electron chi connectivity index (χ1n) is 8.80. The number of halogens is 1. The quantitative estimate of drug-likeness (QED) is 0.777. The Morgan fingerprint density at radius 2 is 1.85 bits per heavy atom. The van der Waals surface area contributed by atoms with Crippen LogP contribution in [0.15, 0.2) is 36.5 Å². The van der Waals surface area contributed by atoms with Crippen LogP contribution in [0.2, 0.25) is 0 Å². The zero-order valence-electron chi connectivity index (χ0n) is 14.7. The van der Waals surface area contributed by atoms with E-state index >= 15 is 0 Å². The van der Waals surface area contributed by atoms with Gasteiger partial charge in [0, 0.05) is 25.8 Å². The van der Waals surface area contributed by atoms with Gasteiger partial charge in [-0.2, -0.15) is 15.2 Å². The van der Waals surface area contributed by atoms with Crippen LogP contribution < -0.4 is 5.73 Å². The molecule has 136 valence electrons. The maximum atomic E-state index is 13.0. The Hall–Kier alpha value is -2.74. The van der Waals surface area contributed by atoms with E-state index in [-0.39, 0.29) is 5.82 Å². The molecule has 7 nitrogen and oxygen atoms in total. The van der Waals surface area contributed by atoms with Gasteiger partial charge in [-0.05, 0) is 50.1 Å². The number of rotatable bonds is 4. The van der Waals surface area contributed by atoms with Crippen molar-refractivity contribution < 1.29 is 4.39 Å². The Morgan fingerprint density at radius 3 is 2.50 bits per heavy atom. The molecule has 4 rings (SSSR count). The summed E-state index contributed by atoms with van der Waals surface area (Å²) in [5.74, 6) is 0.975. The second kappa shape index (κ2) is 6.87. The lowest BCUT2D eigenvalue weighted by Gasteiger charge is -2.31. The molecule has 0 atom stereocenters. The van der Waals surface area contributed by atoms with Gasteiger partial charge in [-0.25, -0.2) is 13.8 Å². The van der Waals surface area contributed by atoms with Crippen LogP contribution in [0.5, 0.6) is 0 Å². The monoisotopic (exact) mass is 355 g/mol. The van der Waals surface area contributed by atoms with E-state index in [1.54, 1.807) is 16.8 Å². The Bertz CT molecular complexity index is 875. The maximum absolute atomic E-state index is 13.0. The summed E-state index contributed by atoms with van der Waals surface area (Å²) < 4.78 is 16.7. The minimum atomic E-state index is -0.243. The van der Waals surface area contributed by atoms with Crippen LogP contribution >= 0.6 is 0 Å². The summed E-state index contributed by atoms with van der Waals surface area (Å²) in [6.45, 7) is 4.59. The predicted molar refractivity (Wildman–Crippen MR) is 96.2 cm³/mol. The van der Waals surface area contributed by atoms with E-state index in [9.17, 15) is 4.39 Å². The molecule has 1 saturated heterocycles. The van der Waals surface area contributed by atoms with Crippen LogP contribution in [0.3, 0.4) is 0 Å². The van der Waals surface area contributed by atoms with Crippen molar-refractivity contribution >= 4 is 5.95 Å². The third-order valence-electron chi connectivity index (χ3n) is 4.79. The smallest absolute Gasteiger partial charge is 0.218 e. The molecule has 8 heteroatoms. The molecule has 1 aromatic carbocycles. The molecule has 26 heavy (non-hydrogen) atoms. The lowest BCUT2D eigenvalue weighted by molar-refractivity contribution is 0.172. The van der Waals surface area contributed by atoms with E-state index in [0.29, 0.717) is 12.0 Å². The van der Waals surface area contributed by atoms with Gasteiger partial charge in [0.25, 0.3) is 0 Å². The summed E-state index contributed by atoms with van der Waals surface area (Å²) in [5.41, 5.74) is 7.80. The Balaban J connectivity index is 1.36. The number of hydrogen-bond donors (Lipinski definition) is 1. The fourth-order valence-electron chi connectivity index (χ4n) is 3.45. The number of likely N-dealkylation sites (tertiary alicyclic amines) is 1. The molecule has 0 saturated carbocycles. The fourth-order valence-corrected chi connectivity index (χ4v) is 3.45. The average Bonchev–Trinajstić information content (AvgIpc) is 3.22. The van der Waals surface area contributed by atoms with Crippen LogP contribution in [-0.2, 0) is 6.54 Å². The molecule has 1 fully saturated rings. The number of nitrogens with zero attached hydrogens (tertiary/aromatic N) is 6. The highest BCUT2D eigenvalue weighted by Crippen LogP contribution is 2.24. The van der Waals surface area contributed by atoms with E-state index in [1.165, 1.54) is 12.1 Å². The van der Waals surface area contributed by atoms with Crippen molar-refractivity contribution in [1.82, 2.24) is 29.4 Å². The minimum absolute atomic E-state index is 0.243. The topological polar surface area (TPSA) is 77.8 Å². The number of nitrogen functional groups attached to an aromatic ring is 1. The van der Waals surface area contributed by atoms with E-state index in [1.807, 2.05) is 23.9 Å². The molecule has 2 aromatic heterocycles. The van der Waals surface area contributed by atoms with Crippen LogP contribution in [0, 0.1) is 12.7 Å². The number of aryl methyl sites for hydroxylation is 1. The summed E-state index contributed by atoms with van der Waals surface area (Å²) in [4.78, 5) is 6.57. The SMILES string of the molecule is Cc1nc(N)n(C2CCN(Cc3ccn(-c4ccc(F)cc4)n3)CC2)n1. The van der Waals surface area contributed by atoms with E-state index in [4.69, 9.17) is 5.73 Å². The summed E-state index contributed by atoms with van der Waals surface area (Å²) in [6.07, 6.45) is 3.89. The van der Waals surface area contributed by atoms with Gasteiger partial charge in [0.2, 0.25) is 5.95 Å². The van der Waals surface area contributed by atoms with Gasteiger partial charge in [0.1, 0.15) is 11.6 Å². The molecule has 0 amide bonds. The van der Waals surface area contributed by atoms with Gasteiger partial charge >= 0.3 is 0 Å². The maximum Gasteiger partial charge on any atom is 0.218 e. The molecule has 3 aromatic rings. The van der Waals surface area contributed by atoms with Crippen molar-refractivity contribution in [3.63, 3.8) is 0 Å². The van der Waals surface area contributed by atoms with Crippen molar-refractivity contribution in [3.05, 3.63) is 53.9 Å². The van der Waals surface area contributed by atoms with Gasteiger partial charge in [-0.1, -0.05) is 0 Å². The first-order chi connectivity index (χ1) is 12.6. The Kier molecular flexibility index (Phi) is 4.42. The normalized spacial score (nSPS) is 16.2. The average molecular weight is 355 g/mol. The highest BCUT2D eigenvalue weighted by atomic mass is 19.1. The van der Waals surface area contributed by atoms with Crippen LogP contribution in [-0.4, -0.2) is 42.5 Å².